The van der Waals surface area contributed by atoms with Gasteiger partial charge in [-0.15, -0.1) is 0 Å². The van der Waals surface area contributed by atoms with Crippen LogP contribution in [0.2, 0.25) is 0 Å². The van der Waals surface area contributed by atoms with Crippen LogP contribution in [0, 0.1) is 0 Å². The van der Waals surface area contributed by atoms with Crippen molar-refractivity contribution >= 4 is 24.7 Å². The Morgan fingerprint density at radius 3 is 2.50 bits per heavy atom. The fourth-order valence-corrected chi connectivity index (χ4v) is 3.19. The summed E-state index contributed by atoms with van der Waals surface area (Å²) in [5.41, 5.74) is 0.508. The highest BCUT2D eigenvalue weighted by atomic mass is 32.1. The first-order valence-corrected chi connectivity index (χ1v) is 8.24. The summed E-state index contributed by atoms with van der Waals surface area (Å²) < 4.78 is 4.87. The van der Waals surface area contributed by atoms with E-state index in [1.807, 2.05) is 30.3 Å². The molecule has 0 radical (unpaired) electrons. The Morgan fingerprint density at radius 2 is 1.95 bits per heavy atom. The van der Waals surface area contributed by atoms with Crippen molar-refractivity contribution in [2.75, 3.05) is 19.6 Å². The molecule has 1 aromatic rings. The molecule has 1 aliphatic rings. The molecular formula is C17H24N2O2S. The van der Waals surface area contributed by atoms with Crippen LogP contribution >= 0.6 is 12.9 Å². The van der Waals surface area contributed by atoms with E-state index in [1.54, 1.807) is 0 Å². The predicted molar refractivity (Wildman–Crippen MR) is 92.3 cm³/mol. The topological polar surface area (TPSA) is 41.9 Å². The van der Waals surface area contributed by atoms with Crippen LogP contribution in [0.4, 0.5) is 0 Å². The SMILES string of the molecule is CCN(CC)CCC1(c2ccccc2)CCC(OS)=NC1=O. The van der Waals surface area contributed by atoms with E-state index in [0.717, 1.165) is 38.0 Å². The molecule has 5 heteroatoms. The van der Waals surface area contributed by atoms with E-state index in [4.69, 9.17) is 4.18 Å². The number of nitrogens with zero attached hydrogens (tertiary/aromatic N) is 2. The molecule has 2 rings (SSSR count). The van der Waals surface area contributed by atoms with Crippen LogP contribution in [0.1, 0.15) is 38.7 Å². The van der Waals surface area contributed by atoms with Gasteiger partial charge in [0, 0.05) is 19.3 Å². The molecule has 120 valence electrons. The van der Waals surface area contributed by atoms with Gasteiger partial charge in [-0.1, -0.05) is 44.2 Å². The lowest BCUT2D eigenvalue weighted by Crippen LogP contribution is -2.42. The largest absolute Gasteiger partial charge is 0.413 e. The summed E-state index contributed by atoms with van der Waals surface area (Å²) in [4.78, 5) is 19.2. The number of carbonyl (C=O) groups excluding carboxylic acids is 1. The summed E-state index contributed by atoms with van der Waals surface area (Å²) in [7, 11) is 0. The summed E-state index contributed by atoms with van der Waals surface area (Å²) in [5.74, 6) is 0.309. The van der Waals surface area contributed by atoms with Crippen LogP contribution < -0.4 is 0 Å². The van der Waals surface area contributed by atoms with Crippen molar-refractivity contribution in [2.24, 2.45) is 4.99 Å². The molecule has 22 heavy (non-hydrogen) atoms. The molecule has 1 aromatic carbocycles. The summed E-state index contributed by atoms with van der Waals surface area (Å²) in [6, 6.07) is 10.00. The Kier molecular flexibility index (Phi) is 6.03. The van der Waals surface area contributed by atoms with Gasteiger partial charge in [0.15, 0.2) is 0 Å². The monoisotopic (exact) mass is 320 g/mol. The molecule has 0 spiro atoms. The molecule has 1 amide bonds. The number of benzene rings is 1. The van der Waals surface area contributed by atoms with Gasteiger partial charge in [0.05, 0.1) is 5.41 Å². The van der Waals surface area contributed by atoms with Crippen molar-refractivity contribution in [3.8, 4) is 0 Å². The third-order valence-electron chi connectivity index (χ3n) is 4.58. The Balaban J connectivity index is 2.30. The highest BCUT2D eigenvalue weighted by Crippen LogP contribution is 2.38. The molecule has 0 aromatic heterocycles. The second-order valence-corrected chi connectivity index (χ2v) is 5.81. The minimum absolute atomic E-state index is 0.110. The van der Waals surface area contributed by atoms with Crippen LogP contribution in [-0.2, 0) is 14.4 Å². The van der Waals surface area contributed by atoms with Crippen LogP contribution in [0.25, 0.3) is 0 Å². The minimum Gasteiger partial charge on any atom is -0.413 e. The average molecular weight is 320 g/mol. The molecule has 1 aliphatic heterocycles. The van der Waals surface area contributed by atoms with E-state index in [2.05, 4.69) is 36.6 Å². The predicted octanol–water partition coefficient (Wildman–Crippen LogP) is 3.24. The molecule has 0 saturated heterocycles. The zero-order valence-electron chi connectivity index (χ0n) is 13.3. The normalized spacial score (nSPS) is 21.8. The van der Waals surface area contributed by atoms with Gasteiger partial charge in [0.25, 0.3) is 5.91 Å². The van der Waals surface area contributed by atoms with Crippen LogP contribution in [-0.4, -0.2) is 36.3 Å². The zero-order valence-corrected chi connectivity index (χ0v) is 14.2. The van der Waals surface area contributed by atoms with Crippen molar-refractivity contribution in [1.29, 1.82) is 0 Å². The molecule has 1 heterocycles. The van der Waals surface area contributed by atoms with Gasteiger partial charge in [0.1, 0.15) is 0 Å². The Morgan fingerprint density at radius 1 is 1.27 bits per heavy atom. The van der Waals surface area contributed by atoms with Crippen LogP contribution in [0.3, 0.4) is 0 Å². The smallest absolute Gasteiger partial charge is 0.259 e. The summed E-state index contributed by atoms with van der Waals surface area (Å²) in [6.45, 7) is 7.16. The van der Waals surface area contributed by atoms with Gasteiger partial charge >= 0.3 is 0 Å². The lowest BCUT2D eigenvalue weighted by molar-refractivity contribution is -0.124. The summed E-state index contributed by atoms with van der Waals surface area (Å²) in [6.07, 6.45) is 2.14. The van der Waals surface area contributed by atoms with Crippen molar-refractivity contribution in [3.05, 3.63) is 35.9 Å². The Bertz CT molecular complexity index is 529. The molecule has 4 nitrogen and oxygen atoms in total. The molecule has 0 bridgehead atoms. The molecule has 1 unspecified atom stereocenters. The van der Waals surface area contributed by atoms with Crippen molar-refractivity contribution in [3.63, 3.8) is 0 Å². The van der Waals surface area contributed by atoms with E-state index in [9.17, 15) is 4.79 Å². The van der Waals surface area contributed by atoms with Gasteiger partial charge in [-0.25, -0.2) is 0 Å². The molecule has 0 saturated carbocycles. The fourth-order valence-electron chi connectivity index (χ4n) is 3.06. The highest BCUT2D eigenvalue weighted by Gasteiger charge is 2.43. The standard InChI is InChI=1S/C17H24N2O2S/c1-3-19(4-2)13-12-17(14-8-6-5-7-9-14)11-10-15(21-22)18-16(17)20/h5-9,22H,3-4,10-13H2,1-2H3. The van der Waals surface area contributed by atoms with Gasteiger partial charge < -0.3 is 9.08 Å². The van der Waals surface area contributed by atoms with E-state index in [-0.39, 0.29) is 5.91 Å². The maximum absolute atomic E-state index is 12.8. The number of hydrogen-bond acceptors (Lipinski definition) is 4. The zero-order chi connectivity index (χ0) is 16.0. The van der Waals surface area contributed by atoms with E-state index in [0.29, 0.717) is 12.3 Å². The van der Waals surface area contributed by atoms with Crippen molar-refractivity contribution < 1.29 is 8.98 Å². The highest BCUT2D eigenvalue weighted by molar-refractivity contribution is 7.75. The van der Waals surface area contributed by atoms with Gasteiger partial charge in [-0.2, -0.15) is 4.99 Å². The quantitative estimate of drug-likeness (QED) is 0.646. The lowest BCUT2D eigenvalue weighted by Gasteiger charge is -2.35. The number of carbonyl (C=O) groups is 1. The first kappa shape index (κ1) is 17.0. The number of aliphatic imine (C=N–C) groups is 1. The van der Waals surface area contributed by atoms with E-state index >= 15 is 0 Å². The molecule has 0 N–H and O–H groups in total. The van der Waals surface area contributed by atoms with Gasteiger partial charge in [-0.05, 0) is 38.0 Å². The summed E-state index contributed by atoms with van der Waals surface area (Å²) in [5, 5.41) is 0. The second kappa shape index (κ2) is 7.79. The molecule has 1 atom stereocenters. The van der Waals surface area contributed by atoms with Crippen molar-refractivity contribution in [2.45, 2.75) is 38.5 Å². The second-order valence-electron chi connectivity index (χ2n) is 5.63. The molecule has 0 fully saturated rings. The first-order chi connectivity index (χ1) is 10.7. The van der Waals surface area contributed by atoms with Crippen LogP contribution in [0.15, 0.2) is 35.3 Å². The number of hydrogen-bond donors (Lipinski definition) is 1. The third-order valence-corrected chi connectivity index (χ3v) is 4.79. The lowest BCUT2D eigenvalue weighted by atomic mass is 9.72. The maximum atomic E-state index is 12.8. The van der Waals surface area contributed by atoms with Gasteiger partial charge in [-0.3, -0.25) is 4.79 Å². The van der Waals surface area contributed by atoms with Crippen LogP contribution in [0.5, 0.6) is 0 Å². The number of amides is 1. The molecule has 0 aliphatic carbocycles. The van der Waals surface area contributed by atoms with Crippen molar-refractivity contribution in [1.82, 2.24) is 4.90 Å². The summed E-state index contributed by atoms with van der Waals surface area (Å²) >= 11 is 3.77. The minimum atomic E-state index is -0.542. The van der Waals surface area contributed by atoms with E-state index in [1.165, 1.54) is 0 Å². The number of rotatable bonds is 6. The average Bonchev–Trinajstić information content (AvgIpc) is 2.57. The third kappa shape index (κ3) is 3.52. The number of thiol groups is 1. The van der Waals surface area contributed by atoms with Gasteiger partial charge in [0.2, 0.25) is 5.90 Å². The fraction of sp³-hybridized carbons (Fsp3) is 0.529. The Labute approximate surface area is 138 Å². The Hall–Kier alpha value is -1.33. The van der Waals surface area contributed by atoms with E-state index < -0.39 is 5.41 Å². The molecular weight excluding hydrogens is 296 g/mol. The maximum Gasteiger partial charge on any atom is 0.259 e. The first-order valence-electron chi connectivity index (χ1n) is 7.87.